The van der Waals surface area contributed by atoms with E-state index >= 15 is 0 Å². The van der Waals surface area contributed by atoms with Crippen LogP contribution < -0.4 is 15.5 Å². The van der Waals surface area contributed by atoms with Crippen LogP contribution in [0.3, 0.4) is 0 Å². The maximum Gasteiger partial charge on any atom is 0.186 e. The van der Waals surface area contributed by atoms with Crippen molar-refractivity contribution >= 4 is 23.5 Å². The zero-order valence-corrected chi connectivity index (χ0v) is 12.3. The minimum atomic E-state index is 0.552. The second-order valence-corrected chi connectivity index (χ2v) is 4.39. The van der Waals surface area contributed by atoms with Crippen LogP contribution in [-0.2, 0) is 0 Å². The lowest BCUT2D eigenvalue weighted by Crippen LogP contribution is -2.32. The molecule has 0 aliphatic carbocycles. The van der Waals surface area contributed by atoms with Crippen molar-refractivity contribution in [3.05, 3.63) is 29.8 Å². The fraction of sp³-hybridized carbons (Fsp3) is 0.429. The Morgan fingerprint density at radius 1 is 1.32 bits per heavy atom. The molecule has 0 aliphatic heterocycles. The van der Waals surface area contributed by atoms with Crippen molar-refractivity contribution in [2.24, 2.45) is 5.10 Å². The highest BCUT2D eigenvalue weighted by Crippen LogP contribution is 2.10. The Morgan fingerprint density at radius 3 is 2.68 bits per heavy atom. The molecule has 0 atom stereocenters. The van der Waals surface area contributed by atoms with Gasteiger partial charge in [-0.15, -0.1) is 0 Å². The van der Waals surface area contributed by atoms with Gasteiger partial charge in [0.05, 0.1) is 12.8 Å². The molecule has 0 radical (unpaired) electrons. The average Bonchev–Trinajstić information content (AvgIpc) is 2.41. The molecule has 2 N–H and O–H groups in total. The summed E-state index contributed by atoms with van der Waals surface area (Å²) in [6.45, 7) is 5.65. The zero-order valence-electron chi connectivity index (χ0n) is 11.5. The van der Waals surface area contributed by atoms with Gasteiger partial charge in [-0.05, 0) is 55.4 Å². The first-order valence-corrected chi connectivity index (χ1v) is 6.96. The smallest absolute Gasteiger partial charge is 0.186 e. The molecule has 4 nitrogen and oxygen atoms in total. The molecule has 0 saturated carbocycles. The van der Waals surface area contributed by atoms with Gasteiger partial charge in [-0.1, -0.05) is 13.3 Å². The van der Waals surface area contributed by atoms with Crippen LogP contribution in [0.25, 0.3) is 0 Å². The molecule has 0 unspecified atom stereocenters. The highest BCUT2D eigenvalue weighted by molar-refractivity contribution is 7.80. The highest BCUT2D eigenvalue weighted by atomic mass is 32.1. The van der Waals surface area contributed by atoms with Crippen LogP contribution in [0, 0.1) is 0 Å². The molecule has 0 amide bonds. The molecule has 0 spiro atoms. The number of benzene rings is 1. The summed E-state index contributed by atoms with van der Waals surface area (Å²) in [5.41, 5.74) is 3.78. The number of hydrogen-bond acceptors (Lipinski definition) is 3. The summed E-state index contributed by atoms with van der Waals surface area (Å²) in [6, 6.07) is 7.73. The fourth-order valence-electron chi connectivity index (χ4n) is 1.40. The molecule has 19 heavy (non-hydrogen) atoms. The van der Waals surface area contributed by atoms with E-state index in [0.29, 0.717) is 11.7 Å². The van der Waals surface area contributed by atoms with Gasteiger partial charge in [0, 0.05) is 6.54 Å². The molecule has 1 aromatic rings. The lowest BCUT2D eigenvalue weighted by atomic mass is 10.2. The first kappa shape index (κ1) is 15.4. The molecule has 1 rings (SSSR count). The van der Waals surface area contributed by atoms with Gasteiger partial charge in [-0.2, -0.15) is 5.10 Å². The summed E-state index contributed by atoms with van der Waals surface area (Å²) in [4.78, 5) is 0. The number of nitrogens with zero attached hydrogens (tertiary/aromatic N) is 1. The maximum atomic E-state index is 5.37. The summed E-state index contributed by atoms with van der Waals surface area (Å²) in [6.07, 6.45) is 3.97. The van der Waals surface area contributed by atoms with E-state index in [1.165, 1.54) is 0 Å². The number of rotatable bonds is 7. The van der Waals surface area contributed by atoms with Gasteiger partial charge in [-0.25, -0.2) is 0 Å². The number of nitrogens with one attached hydrogen (secondary N) is 2. The Hall–Kier alpha value is -1.62. The lowest BCUT2D eigenvalue weighted by Gasteiger charge is -2.05. The van der Waals surface area contributed by atoms with E-state index in [1.807, 2.05) is 31.2 Å². The van der Waals surface area contributed by atoms with Gasteiger partial charge in [-0.3, -0.25) is 5.43 Å². The van der Waals surface area contributed by atoms with Gasteiger partial charge in [0.2, 0.25) is 0 Å². The number of hydrogen-bond donors (Lipinski definition) is 2. The van der Waals surface area contributed by atoms with E-state index in [-0.39, 0.29) is 0 Å². The van der Waals surface area contributed by atoms with E-state index in [2.05, 4.69) is 22.8 Å². The number of hydrazone groups is 1. The van der Waals surface area contributed by atoms with Crippen molar-refractivity contribution in [1.29, 1.82) is 0 Å². The quantitative estimate of drug-likeness (QED) is 0.349. The summed E-state index contributed by atoms with van der Waals surface area (Å²) in [7, 11) is 0. The molecular weight excluding hydrogens is 258 g/mol. The van der Waals surface area contributed by atoms with E-state index in [0.717, 1.165) is 30.7 Å². The van der Waals surface area contributed by atoms with Gasteiger partial charge >= 0.3 is 0 Å². The summed E-state index contributed by atoms with van der Waals surface area (Å²) < 4.78 is 5.37. The molecule has 0 aromatic heterocycles. The predicted molar refractivity (Wildman–Crippen MR) is 83.8 cm³/mol. The van der Waals surface area contributed by atoms with Crippen molar-refractivity contribution in [3.63, 3.8) is 0 Å². The Bertz CT molecular complexity index is 404. The first-order chi connectivity index (χ1) is 9.26. The summed E-state index contributed by atoms with van der Waals surface area (Å²) >= 11 is 5.08. The van der Waals surface area contributed by atoms with Crippen molar-refractivity contribution in [2.75, 3.05) is 13.2 Å². The Kier molecular flexibility index (Phi) is 7.58. The second-order valence-electron chi connectivity index (χ2n) is 3.98. The standard InChI is InChI=1S/C14H21N3OS/c1-3-5-10-15-14(19)17-16-11-12-6-8-13(9-7-12)18-4-2/h6-9,11H,3-5,10H2,1-2H3,(H2,15,17,19)/b16-11-. The van der Waals surface area contributed by atoms with Gasteiger partial charge < -0.3 is 10.1 Å². The first-order valence-electron chi connectivity index (χ1n) is 6.56. The monoisotopic (exact) mass is 279 g/mol. The summed E-state index contributed by atoms with van der Waals surface area (Å²) in [5.74, 6) is 0.865. The molecule has 0 saturated heterocycles. The van der Waals surface area contributed by atoms with Crippen molar-refractivity contribution in [2.45, 2.75) is 26.7 Å². The largest absolute Gasteiger partial charge is 0.494 e. The normalized spacial score (nSPS) is 10.4. The Morgan fingerprint density at radius 2 is 2.05 bits per heavy atom. The van der Waals surface area contributed by atoms with Crippen LogP contribution in [0.5, 0.6) is 5.75 Å². The van der Waals surface area contributed by atoms with E-state index < -0.39 is 0 Å². The Balaban J connectivity index is 2.33. The highest BCUT2D eigenvalue weighted by Gasteiger charge is 1.93. The van der Waals surface area contributed by atoms with Crippen LogP contribution in [0.2, 0.25) is 0 Å². The molecular formula is C14H21N3OS. The maximum absolute atomic E-state index is 5.37. The van der Waals surface area contributed by atoms with Crippen LogP contribution in [0.15, 0.2) is 29.4 Å². The molecule has 1 aromatic carbocycles. The molecule has 104 valence electrons. The van der Waals surface area contributed by atoms with Crippen molar-refractivity contribution in [1.82, 2.24) is 10.7 Å². The van der Waals surface area contributed by atoms with Gasteiger partial charge in [0.15, 0.2) is 5.11 Å². The Labute approximate surface area is 120 Å². The topological polar surface area (TPSA) is 45.7 Å². The zero-order chi connectivity index (χ0) is 13.9. The minimum Gasteiger partial charge on any atom is -0.494 e. The van der Waals surface area contributed by atoms with Crippen LogP contribution in [0.4, 0.5) is 0 Å². The summed E-state index contributed by atoms with van der Waals surface area (Å²) in [5, 5.41) is 7.71. The third kappa shape index (κ3) is 6.76. The third-order valence-corrected chi connectivity index (χ3v) is 2.62. The predicted octanol–water partition coefficient (Wildman–Crippen LogP) is 2.68. The minimum absolute atomic E-state index is 0.552. The van der Waals surface area contributed by atoms with Crippen LogP contribution >= 0.6 is 12.2 Å². The molecule has 5 heteroatoms. The van der Waals surface area contributed by atoms with Crippen molar-refractivity contribution < 1.29 is 4.74 Å². The molecule has 0 fully saturated rings. The van der Waals surface area contributed by atoms with Crippen LogP contribution in [-0.4, -0.2) is 24.5 Å². The molecule has 0 aliphatic rings. The number of thiocarbonyl (C=S) groups is 1. The molecule has 0 bridgehead atoms. The van der Waals surface area contributed by atoms with E-state index in [1.54, 1.807) is 6.21 Å². The van der Waals surface area contributed by atoms with E-state index in [9.17, 15) is 0 Å². The fourth-order valence-corrected chi connectivity index (χ4v) is 1.56. The number of unbranched alkanes of at least 4 members (excludes halogenated alkanes) is 1. The third-order valence-electron chi connectivity index (χ3n) is 2.39. The molecule has 0 heterocycles. The van der Waals surface area contributed by atoms with Gasteiger partial charge in [0.1, 0.15) is 5.75 Å². The van der Waals surface area contributed by atoms with Crippen LogP contribution in [0.1, 0.15) is 32.3 Å². The second kappa shape index (κ2) is 9.33. The number of ether oxygens (including phenoxy) is 1. The van der Waals surface area contributed by atoms with Gasteiger partial charge in [0.25, 0.3) is 0 Å². The average molecular weight is 279 g/mol. The van der Waals surface area contributed by atoms with E-state index in [4.69, 9.17) is 17.0 Å². The SMILES string of the molecule is CCCCNC(=S)N/N=C\c1ccc(OCC)cc1. The van der Waals surface area contributed by atoms with Crippen molar-refractivity contribution in [3.8, 4) is 5.75 Å². The lowest BCUT2D eigenvalue weighted by molar-refractivity contribution is 0.340.